The van der Waals surface area contributed by atoms with Crippen LogP contribution in [0.3, 0.4) is 0 Å². The lowest BCUT2D eigenvalue weighted by atomic mass is 10.1. The zero-order valence-corrected chi connectivity index (χ0v) is 17.5. The summed E-state index contributed by atoms with van der Waals surface area (Å²) in [7, 11) is 0. The van der Waals surface area contributed by atoms with Crippen LogP contribution in [-0.2, 0) is 0 Å². The first-order valence-corrected chi connectivity index (χ1v) is 10.6. The molecular formula is C22H34ClN3. The van der Waals surface area contributed by atoms with E-state index in [-0.39, 0.29) is 0 Å². The quantitative estimate of drug-likeness (QED) is 0.580. The Bertz CT molecular complexity index is 701. The molecule has 1 fully saturated rings. The lowest BCUT2D eigenvalue weighted by Gasteiger charge is -2.27. The molecule has 1 aromatic heterocycles. The number of benzene rings is 1. The molecule has 1 aliphatic rings. The number of rotatable bonds is 8. The predicted octanol–water partition coefficient (Wildman–Crippen LogP) is 6.14. The average molecular weight is 376 g/mol. The summed E-state index contributed by atoms with van der Waals surface area (Å²) in [5, 5.41) is 5.66. The van der Waals surface area contributed by atoms with Crippen LogP contribution < -0.4 is 10.2 Å². The van der Waals surface area contributed by atoms with Gasteiger partial charge in [-0.05, 0) is 62.3 Å². The molecule has 0 amide bonds. The first-order chi connectivity index (χ1) is 12.4. The fourth-order valence-corrected chi connectivity index (χ4v) is 4.00. The SMILES string of the molecule is CC(C)CCN(CCC(C)C)c1cc(Cl)cc2cc(C3CCCN3)[nH]c12. The van der Waals surface area contributed by atoms with Crippen molar-refractivity contribution in [3.05, 3.63) is 28.9 Å². The van der Waals surface area contributed by atoms with Gasteiger partial charge in [0.05, 0.1) is 11.2 Å². The Morgan fingerprint density at radius 1 is 1.08 bits per heavy atom. The van der Waals surface area contributed by atoms with E-state index in [1.54, 1.807) is 0 Å². The zero-order valence-electron chi connectivity index (χ0n) is 16.7. The summed E-state index contributed by atoms with van der Waals surface area (Å²) in [4.78, 5) is 6.26. The fraction of sp³-hybridized carbons (Fsp3) is 0.636. The number of hydrogen-bond acceptors (Lipinski definition) is 2. The van der Waals surface area contributed by atoms with Crippen molar-refractivity contribution in [3.8, 4) is 0 Å². The van der Waals surface area contributed by atoms with E-state index in [0.29, 0.717) is 17.9 Å². The van der Waals surface area contributed by atoms with Crippen molar-refractivity contribution in [3.63, 3.8) is 0 Å². The van der Waals surface area contributed by atoms with Crippen LogP contribution in [0.4, 0.5) is 5.69 Å². The molecular weight excluding hydrogens is 342 g/mol. The van der Waals surface area contributed by atoms with Crippen molar-refractivity contribution in [2.45, 2.75) is 59.4 Å². The number of aromatic nitrogens is 1. The number of nitrogens with one attached hydrogen (secondary N) is 2. The van der Waals surface area contributed by atoms with Crippen LogP contribution in [0.1, 0.15) is 65.1 Å². The van der Waals surface area contributed by atoms with Gasteiger partial charge in [0.2, 0.25) is 0 Å². The van der Waals surface area contributed by atoms with E-state index in [1.165, 1.54) is 48.0 Å². The predicted molar refractivity (Wildman–Crippen MR) is 114 cm³/mol. The van der Waals surface area contributed by atoms with E-state index in [9.17, 15) is 0 Å². The molecule has 2 aromatic rings. The molecule has 0 aliphatic carbocycles. The van der Waals surface area contributed by atoms with Crippen LogP contribution in [0, 0.1) is 11.8 Å². The van der Waals surface area contributed by atoms with Gasteiger partial charge in [-0.2, -0.15) is 0 Å². The van der Waals surface area contributed by atoms with Gasteiger partial charge in [0, 0.05) is 35.2 Å². The summed E-state index contributed by atoms with van der Waals surface area (Å²) in [6, 6.07) is 6.98. The third-order valence-corrected chi connectivity index (χ3v) is 5.64. The Hall–Kier alpha value is -1.19. The highest BCUT2D eigenvalue weighted by molar-refractivity contribution is 6.31. The Labute approximate surface area is 163 Å². The molecule has 0 saturated carbocycles. The van der Waals surface area contributed by atoms with E-state index < -0.39 is 0 Å². The van der Waals surface area contributed by atoms with Gasteiger partial charge in [0.25, 0.3) is 0 Å². The van der Waals surface area contributed by atoms with E-state index in [0.717, 1.165) is 24.7 Å². The molecule has 1 aromatic carbocycles. The summed E-state index contributed by atoms with van der Waals surface area (Å²) in [5.74, 6) is 1.40. The van der Waals surface area contributed by atoms with Crippen LogP contribution in [0.25, 0.3) is 10.9 Å². The second-order valence-electron chi connectivity index (χ2n) is 8.61. The molecule has 0 spiro atoms. The summed E-state index contributed by atoms with van der Waals surface area (Å²) >= 11 is 6.51. The topological polar surface area (TPSA) is 31.1 Å². The summed E-state index contributed by atoms with van der Waals surface area (Å²) < 4.78 is 0. The highest BCUT2D eigenvalue weighted by Crippen LogP contribution is 2.34. The van der Waals surface area contributed by atoms with Crippen molar-refractivity contribution in [1.29, 1.82) is 0 Å². The molecule has 3 rings (SSSR count). The molecule has 1 aliphatic heterocycles. The van der Waals surface area contributed by atoms with Gasteiger partial charge in [-0.3, -0.25) is 0 Å². The molecule has 3 nitrogen and oxygen atoms in total. The first kappa shape index (κ1) is 19.6. The largest absolute Gasteiger partial charge is 0.370 e. The normalized spacial score (nSPS) is 17.7. The van der Waals surface area contributed by atoms with Gasteiger partial charge < -0.3 is 15.2 Å². The molecule has 144 valence electrons. The van der Waals surface area contributed by atoms with E-state index >= 15 is 0 Å². The Kier molecular flexibility index (Phi) is 6.52. The lowest BCUT2D eigenvalue weighted by Crippen LogP contribution is -2.27. The van der Waals surface area contributed by atoms with Crippen LogP contribution in [-0.4, -0.2) is 24.6 Å². The van der Waals surface area contributed by atoms with Gasteiger partial charge in [0.1, 0.15) is 0 Å². The van der Waals surface area contributed by atoms with Crippen molar-refractivity contribution < 1.29 is 0 Å². The molecule has 1 saturated heterocycles. The third-order valence-electron chi connectivity index (χ3n) is 5.42. The second-order valence-corrected chi connectivity index (χ2v) is 9.05. The fourth-order valence-electron chi connectivity index (χ4n) is 3.78. The molecule has 1 unspecified atom stereocenters. The third kappa shape index (κ3) is 4.75. The number of H-pyrrole nitrogens is 1. The molecule has 2 N–H and O–H groups in total. The zero-order chi connectivity index (χ0) is 18.7. The highest BCUT2D eigenvalue weighted by Gasteiger charge is 2.20. The molecule has 26 heavy (non-hydrogen) atoms. The molecule has 2 heterocycles. The maximum Gasteiger partial charge on any atom is 0.0695 e. The Morgan fingerprint density at radius 3 is 2.35 bits per heavy atom. The van der Waals surface area contributed by atoms with E-state index in [2.05, 4.69) is 61.1 Å². The maximum absolute atomic E-state index is 6.51. The molecule has 1 atom stereocenters. The average Bonchev–Trinajstić information content (AvgIpc) is 3.22. The highest BCUT2D eigenvalue weighted by atomic mass is 35.5. The van der Waals surface area contributed by atoms with Crippen LogP contribution in [0.5, 0.6) is 0 Å². The van der Waals surface area contributed by atoms with Crippen LogP contribution >= 0.6 is 11.6 Å². The number of aromatic amines is 1. The van der Waals surface area contributed by atoms with E-state index in [1.807, 2.05) is 0 Å². The summed E-state index contributed by atoms with van der Waals surface area (Å²) in [6.45, 7) is 12.5. The van der Waals surface area contributed by atoms with Crippen molar-refractivity contribution in [2.24, 2.45) is 11.8 Å². The minimum atomic E-state index is 0.453. The number of anilines is 1. The van der Waals surface area contributed by atoms with Gasteiger partial charge in [0.15, 0.2) is 0 Å². The monoisotopic (exact) mass is 375 g/mol. The minimum absolute atomic E-state index is 0.453. The molecule has 0 bridgehead atoms. The molecule has 0 radical (unpaired) electrons. The van der Waals surface area contributed by atoms with Gasteiger partial charge in [-0.25, -0.2) is 0 Å². The van der Waals surface area contributed by atoms with E-state index in [4.69, 9.17) is 11.6 Å². The number of nitrogens with zero attached hydrogens (tertiary/aromatic N) is 1. The van der Waals surface area contributed by atoms with Crippen molar-refractivity contribution in [1.82, 2.24) is 10.3 Å². The lowest BCUT2D eigenvalue weighted by molar-refractivity contribution is 0.536. The van der Waals surface area contributed by atoms with Gasteiger partial charge >= 0.3 is 0 Å². The maximum atomic E-state index is 6.51. The number of fused-ring (bicyclic) bond motifs is 1. The minimum Gasteiger partial charge on any atom is -0.370 e. The summed E-state index contributed by atoms with van der Waals surface area (Å²) in [5.41, 5.74) is 3.80. The second kappa shape index (κ2) is 8.67. The Balaban J connectivity index is 1.95. The number of hydrogen-bond donors (Lipinski definition) is 2. The van der Waals surface area contributed by atoms with Crippen LogP contribution in [0.15, 0.2) is 18.2 Å². The van der Waals surface area contributed by atoms with Crippen molar-refractivity contribution in [2.75, 3.05) is 24.5 Å². The standard InChI is InChI=1S/C22H34ClN3/c1-15(2)7-10-26(11-8-16(3)4)21-14-18(23)12-17-13-20(25-22(17)21)19-6-5-9-24-19/h12-16,19,24-25H,5-11H2,1-4H3. The first-order valence-electron chi connectivity index (χ1n) is 10.2. The van der Waals surface area contributed by atoms with Crippen LogP contribution in [0.2, 0.25) is 5.02 Å². The molecule has 4 heteroatoms. The summed E-state index contributed by atoms with van der Waals surface area (Å²) in [6.07, 6.45) is 4.86. The van der Waals surface area contributed by atoms with Crippen molar-refractivity contribution >= 4 is 28.2 Å². The van der Waals surface area contributed by atoms with Gasteiger partial charge in [-0.15, -0.1) is 0 Å². The smallest absolute Gasteiger partial charge is 0.0695 e. The van der Waals surface area contributed by atoms with Gasteiger partial charge in [-0.1, -0.05) is 39.3 Å². The Morgan fingerprint density at radius 2 is 1.77 bits per heavy atom. The number of halogens is 1.